The minimum Gasteiger partial charge on any atom is -0.497 e. The number of fused-ring (bicyclic) bond motifs is 1. The molecule has 4 aromatic rings. The average molecular weight is 349 g/mol. The number of aromatic nitrogens is 4. The molecule has 132 valence electrons. The quantitative estimate of drug-likeness (QED) is 0.533. The maximum atomic E-state index is 5.27. The highest BCUT2D eigenvalue weighted by Crippen LogP contribution is 2.19. The molecule has 0 fully saturated rings. The van der Waals surface area contributed by atoms with Gasteiger partial charge < -0.3 is 4.74 Å². The summed E-state index contributed by atoms with van der Waals surface area (Å²) in [5, 5.41) is 12.4. The summed E-state index contributed by atoms with van der Waals surface area (Å²) in [5.41, 5.74) is 4.78. The van der Waals surface area contributed by atoms with Crippen LogP contribution < -0.4 is 4.74 Å². The van der Waals surface area contributed by atoms with Gasteiger partial charge in [0.2, 0.25) is 0 Å². The van der Waals surface area contributed by atoms with Crippen LogP contribution in [0.25, 0.3) is 16.7 Å². The highest BCUT2D eigenvalue weighted by Gasteiger charge is 2.10. The van der Waals surface area contributed by atoms with Crippen LogP contribution >= 0.6 is 0 Å². The second-order valence-electron chi connectivity index (χ2n) is 6.22. The van der Waals surface area contributed by atoms with Crippen molar-refractivity contribution in [1.29, 1.82) is 0 Å². The highest BCUT2D eigenvalue weighted by atomic mass is 16.6. The first-order valence-corrected chi connectivity index (χ1v) is 8.29. The normalized spacial score (nSPS) is 11.3. The van der Waals surface area contributed by atoms with Gasteiger partial charge in [0.05, 0.1) is 19.0 Å². The second-order valence-corrected chi connectivity index (χ2v) is 6.22. The van der Waals surface area contributed by atoms with E-state index in [2.05, 4.69) is 27.4 Å². The second kappa shape index (κ2) is 6.97. The third-order valence-corrected chi connectivity index (χ3v) is 4.22. The van der Waals surface area contributed by atoms with Crippen molar-refractivity contribution in [3.63, 3.8) is 0 Å². The van der Waals surface area contributed by atoms with Crippen molar-refractivity contribution in [2.45, 2.75) is 13.1 Å². The van der Waals surface area contributed by atoms with E-state index in [0.717, 1.165) is 46.7 Å². The fourth-order valence-electron chi connectivity index (χ4n) is 2.98. The molecular weight excluding hydrogens is 330 g/mol. The molecule has 2 aromatic heterocycles. The smallest absolute Gasteiger partial charge is 0.139 e. The summed E-state index contributed by atoms with van der Waals surface area (Å²) >= 11 is 0. The maximum absolute atomic E-state index is 5.27. The number of hydrogen-bond donors (Lipinski definition) is 0. The summed E-state index contributed by atoms with van der Waals surface area (Å²) in [7, 11) is 3.72. The van der Waals surface area contributed by atoms with Crippen molar-refractivity contribution < 1.29 is 9.37 Å². The van der Waals surface area contributed by atoms with E-state index in [0.29, 0.717) is 0 Å². The lowest BCUT2D eigenvalue weighted by molar-refractivity contribution is 0.310. The van der Waals surface area contributed by atoms with Crippen LogP contribution in [0.2, 0.25) is 0 Å². The predicted octanol–water partition coefficient (Wildman–Crippen LogP) is 3.05. The average Bonchev–Trinajstić information content (AvgIpc) is 3.31. The first-order valence-electron chi connectivity index (χ1n) is 8.29. The van der Waals surface area contributed by atoms with Gasteiger partial charge in [0.1, 0.15) is 16.8 Å². The van der Waals surface area contributed by atoms with Crippen molar-refractivity contribution >= 4 is 11.0 Å². The van der Waals surface area contributed by atoms with Gasteiger partial charge in [-0.2, -0.15) is 5.10 Å². The first kappa shape index (κ1) is 16.3. The van der Waals surface area contributed by atoms with Crippen LogP contribution in [0.4, 0.5) is 0 Å². The number of nitrogens with zero attached hydrogens (tertiary/aromatic N) is 5. The molecule has 2 aromatic carbocycles. The summed E-state index contributed by atoms with van der Waals surface area (Å²) < 4.78 is 12.0. The van der Waals surface area contributed by atoms with Crippen molar-refractivity contribution in [2.75, 3.05) is 14.2 Å². The third kappa shape index (κ3) is 3.29. The molecule has 2 heterocycles. The Morgan fingerprint density at radius 1 is 1.12 bits per heavy atom. The van der Waals surface area contributed by atoms with Crippen molar-refractivity contribution in [2.24, 2.45) is 0 Å². The Morgan fingerprint density at radius 2 is 2.00 bits per heavy atom. The lowest BCUT2D eigenvalue weighted by Gasteiger charge is -2.15. The van der Waals surface area contributed by atoms with Gasteiger partial charge in [-0.15, -0.1) is 0 Å². The summed E-state index contributed by atoms with van der Waals surface area (Å²) in [6.07, 6.45) is 3.91. The van der Waals surface area contributed by atoms with Crippen LogP contribution in [0.15, 0.2) is 59.5 Å². The van der Waals surface area contributed by atoms with E-state index in [4.69, 9.17) is 9.37 Å². The van der Waals surface area contributed by atoms with E-state index >= 15 is 0 Å². The van der Waals surface area contributed by atoms with Crippen LogP contribution in [0.3, 0.4) is 0 Å². The van der Waals surface area contributed by atoms with E-state index in [1.807, 2.05) is 59.5 Å². The molecule has 0 spiro atoms. The first-order chi connectivity index (χ1) is 12.7. The molecule has 0 saturated carbocycles. The molecule has 0 N–H and O–H groups in total. The fourth-order valence-corrected chi connectivity index (χ4v) is 2.98. The number of methoxy groups -OCH3 is 1. The van der Waals surface area contributed by atoms with Crippen molar-refractivity contribution in [3.8, 4) is 11.4 Å². The van der Waals surface area contributed by atoms with Gasteiger partial charge in [0, 0.05) is 30.9 Å². The molecule has 0 atom stereocenters. The number of ether oxygens (including phenoxy) is 1. The van der Waals surface area contributed by atoms with Gasteiger partial charge in [-0.05, 0) is 41.1 Å². The van der Waals surface area contributed by atoms with Gasteiger partial charge >= 0.3 is 0 Å². The van der Waals surface area contributed by atoms with Crippen molar-refractivity contribution in [3.05, 3.63) is 66.0 Å². The number of rotatable bonds is 6. The van der Waals surface area contributed by atoms with E-state index in [-0.39, 0.29) is 0 Å². The molecule has 0 aliphatic rings. The number of hydrogen-bond acceptors (Lipinski definition) is 6. The standard InChI is InChI=1S/C19H19N5O2/c1-23(13-15-5-3-8-18-19(15)22-26-21-18)11-14-10-20-24(12-14)16-6-4-7-17(9-16)25-2/h3-10,12H,11,13H2,1-2H3. The largest absolute Gasteiger partial charge is 0.497 e. The molecule has 0 aliphatic heterocycles. The lowest BCUT2D eigenvalue weighted by atomic mass is 10.1. The molecule has 0 bridgehead atoms. The van der Waals surface area contributed by atoms with Crippen LogP contribution in [-0.4, -0.2) is 39.2 Å². The zero-order valence-electron chi connectivity index (χ0n) is 14.7. The van der Waals surface area contributed by atoms with Crippen molar-refractivity contribution in [1.82, 2.24) is 25.0 Å². The number of benzene rings is 2. The monoisotopic (exact) mass is 349 g/mol. The lowest BCUT2D eigenvalue weighted by Crippen LogP contribution is -2.17. The van der Waals surface area contributed by atoms with Crippen LogP contribution in [0.1, 0.15) is 11.1 Å². The van der Waals surface area contributed by atoms with E-state index < -0.39 is 0 Å². The van der Waals surface area contributed by atoms with Gasteiger partial charge in [-0.1, -0.05) is 18.2 Å². The highest BCUT2D eigenvalue weighted by molar-refractivity contribution is 5.76. The summed E-state index contributed by atoms with van der Waals surface area (Å²) in [6.45, 7) is 1.52. The SMILES string of the molecule is COc1cccc(-n2cc(CN(C)Cc3cccc4nonc34)cn2)c1. The molecule has 0 amide bonds. The Bertz CT molecular complexity index is 1020. The summed E-state index contributed by atoms with van der Waals surface area (Å²) in [5.74, 6) is 0.811. The van der Waals surface area contributed by atoms with Crippen LogP contribution in [0, 0.1) is 0 Å². The fraction of sp³-hybridized carbons (Fsp3) is 0.211. The minimum absolute atomic E-state index is 0.746. The zero-order valence-corrected chi connectivity index (χ0v) is 14.7. The summed E-state index contributed by atoms with van der Waals surface area (Å²) in [6, 6.07) is 13.7. The zero-order chi connectivity index (χ0) is 17.9. The van der Waals surface area contributed by atoms with Crippen LogP contribution in [0.5, 0.6) is 5.75 Å². The topological polar surface area (TPSA) is 69.2 Å². The van der Waals surface area contributed by atoms with E-state index in [1.54, 1.807) is 7.11 Å². The molecule has 0 aliphatic carbocycles. The molecule has 26 heavy (non-hydrogen) atoms. The minimum atomic E-state index is 0.746. The van der Waals surface area contributed by atoms with Gasteiger partial charge in [0.25, 0.3) is 0 Å². The Balaban J connectivity index is 1.47. The molecule has 7 heteroatoms. The maximum Gasteiger partial charge on any atom is 0.139 e. The molecule has 7 nitrogen and oxygen atoms in total. The summed E-state index contributed by atoms with van der Waals surface area (Å²) in [4.78, 5) is 2.20. The third-order valence-electron chi connectivity index (χ3n) is 4.22. The molecular formula is C19H19N5O2. The Kier molecular flexibility index (Phi) is 4.37. The van der Waals surface area contributed by atoms with Crippen LogP contribution in [-0.2, 0) is 13.1 Å². The Labute approximate surface area is 150 Å². The molecule has 0 unspecified atom stereocenters. The van der Waals surface area contributed by atoms with Gasteiger partial charge in [-0.3, -0.25) is 4.90 Å². The van der Waals surface area contributed by atoms with Gasteiger partial charge in [0.15, 0.2) is 0 Å². The Hall–Kier alpha value is -3.19. The predicted molar refractivity (Wildman–Crippen MR) is 97.1 cm³/mol. The Morgan fingerprint density at radius 3 is 2.88 bits per heavy atom. The van der Waals surface area contributed by atoms with Gasteiger partial charge in [-0.25, -0.2) is 9.31 Å². The molecule has 0 saturated heterocycles. The molecule has 4 rings (SSSR count). The molecule has 0 radical (unpaired) electrons. The van der Waals surface area contributed by atoms with E-state index in [9.17, 15) is 0 Å². The van der Waals surface area contributed by atoms with E-state index in [1.165, 1.54) is 0 Å².